The number of amides is 1. The lowest BCUT2D eigenvalue weighted by Crippen LogP contribution is -2.31. The minimum atomic E-state index is -4.45. The molecule has 3 rings (SSSR count). The molecule has 0 atom stereocenters. The first kappa shape index (κ1) is 20.0. The molecule has 5 nitrogen and oxygen atoms in total. The molecule has 1 amide bonds. The van der Waals surface area contributed by atoms with Crippen molar-refractivity contribution in [1.82, 2.24) is 10.3 Å². The van der Waals surface area contributed by atoms with Gasteiger partial charge in [-0.25, -0.2) is 0 Å². The largest absolute Gasteiger partial charge is 0.481 e. The number of carbonyl (C=O) groups is 2. The lowest BCUT2D eigenvalue weighted by atomic mass is 10.1. The van der Waals surface area contributed by atoms with Gasteiger partial charge in [-0.3, -0.25) is 9.59 Å². The number of fused-ring (bicyclic) bond motifs is 1. The summed E-state index contributed by atoms with van der Waals surface area (Å²) in [6, 6.07) is 11.5. The number of alkyl halides is 3. The highest BCUT2D eigenvalue weighted by Crippen LogP contribution is 2.31. The van der Waals surface area contributed by atoms with Gasteiger partial charge >= 0.3 is 6.18 Å². The normalized spacial score (nSPS) is 10.9. The Morgan fingerprint density at radius 2 is 1.86 bits per heavy atom. The first-order valence-electron chi connectivity index (χ1n) is 8.50. The second kappa shape index (κ2) is 8.52. The predicted octanol–water partition coefficient (Wildman–Crippen LogP) is 3.57. The molecule has 29 heavy (non-hydrogen) atoms. The van der Waals surface area contributed by atoms with E-state index in [1.807, 2.05) is 6.07 Å². The van der Waals surface area contributed by atoms with Gasteiger partial charge in [-0.15, -0.1) is 0 Å². The summed E-state index contributed by atoms with van der Waals surface area (Å²) in [4.78, 5) is 27.2. The Bertz CT molecular complexity index is 1110. The number of H-pyrrole nitrogens is 1. The van der Waals surface area contributed by atoms with Gasteiger partial charge in [0, 0.05) is 17.1 Å². The molecule has 0 fully saturated rings. The minimum absolute atomic E-state index is 0.0349. The summed E-state index contributed by atoms with van der Waals surface area (Å²) in [6.45, 7) is -0.257. The van der Waals surface area contributed by atoms with Crippen LogP contribution in [-0.2, 0) is 11.0 Å². The third kappa shape index (κ3) is 4.96. The summed E-state index contributed by atoms with van der Waals surface area (Å²) in [5, 5.41) is 3.03. The Hall–Kier alpha value is -3.73. The molecule has 0 aliphatic heterocycles. The number of ketones is 1. The number of hydrogen-bond acceptors (Lipinski definition) is 3. The van der Waals surface area contributed by atoms with E-state index in [-0.39, 0.29) is 24.5 Å². The second-order valence-electron chi connectivity index (χ2n) is 5.93. The lowest BCUT2D eigenvalue weighted by Gasteiger charge is -2.08. The Kier molecular flexibility index (Phi) is 5.88. The summed E-state index contributed by atoms with van der Waals surface area (Å²) in [7, 11) is 0. The van der Waals surface area contributed by atoms with Crippen LogP contribution in [0.15, 0.2) is 54.7 Å². The molecule has 0 spiro atoms. The zero-order chi connectivity index (χ0) is 20.9. The van der Waals surface area contributed by atoms with Crippen molar-refractivity contribution in [2.75, 3.05) is 13.2 Å². The number of halogens is 3. The number of aromatic nitrogens is 1. The van der Waals surface area contributed by atoms with Crippen LogP contribution in [-0.4, -0.2) is 29.8 Å². The van der Waals surface area contributed by atoms with Gasteiger partial charge in [-0.2, -0.15) is 13.2 Å². The summed E-state index contributed by atoms with van der Waals surface area (Å²) >= 11 is 0. The summed E-state index contributed by atoms with van der Waals surface area (Å²) in [5.74, 6) is 3.69. The van der Waals surface area contributed by atoms with Crippen molar-refractivity contribution in [2.24, 2.45) is 0 Å². The highest BCUT2D eigenvalue weighted by molar-refractivity contribution is 6.45. The number of para-hydroxylation sites is 1. The Balaban J connectivity index is 1.49. The molecule has 0 saturated carbocycles. The Morgan fingerprint density at radius 1 is 1.07 bits per heavy atom. The summed E-state index contributed by atoms with van der Waals surface area (Å²) in [5.41, 5.74) is 0.195. The number of rotatable bonds is 5. The minimum Gasteiger partial charge on any atom is -0.481 e. The Labute approximate surface area is 163 Å². The van der Waals surface area contributed by atoms with Gasteiger partial charge in [-0.05, 0) is 24.3 Å². The Morgan fingerprint density at radius 3 is 2.66 bits per heavy atom. The van der Waals surface area contributed by atoms with Crippen LogP contribution in [0.2, 0.25) is 0 Å². The lowest BCUT2D eigenvalue weighted by molar-refractivity contribution is -0.137. The average molecular weight is 400 g/mol. The van der Waals surface area contributed by atoms with Gasteiger partial charge in [0.25, 0.3) is 11.7 Å². The maximum atomic E-state index is 12.6. The van der Waals surface area contributed by atoms with Crippen LogP contribution in [0, 0.1) is 11.8 Å². The molecule has 1 aromatic heterocycles. The van der Waals surface area contributed by atoms with E-state index in [1.165, 1.54) is 18.3 Å². The van der Waals surface area contributed by atoms with Crippen molar-refractivity contribution >= 4 is 22.6 Å². The fourth-order valence-electron chi connectivity index (χ4n) is 2.58. The van der Waals surface area contributed by atoms with Crippen molar-refractivity contribution in [1.29, 1.82) is 0 Å². The average Bonchev–Trinajstić information content (AvgIpc) is 3.13. The van der Waals surface area contributed by atoms with Gasteiger partial charge in [0.2, 0.25) is 0 Å². The van der Waals surface area contributed by atoms with Crippen LogP contribution >= 0.6 is 0 Å². The smallest absolute Gasteiger partial charge is 0.416 e. The second-order valence-corrected chi connectivity index (χ2v) is 5.93. The number of ether oxygens (including phenoxy) is 1. The van der Waals surface area contributed by atoms with E-state index in [4.69, 9.17) is 4.74 Å². The van der Waals surface area contributed by atoms with Gasteiger partial charge in [0.1, 0.15) is 12.4 Å². The van der Waals surface area contributed by atoms with Crippen LogP contribution in [0.1, 0.15) is 15.9 Å². The molecule has 2 aromatic carbocycles. The quantitative estimate of drug-likeness (QED) is 0.391. The first-order chi connectivity index (χ1) is 13.9. The van der Waals surface area contributed by atoms with E-state index < -0.39 is 23.4 Å². The number of nitrogens with one attached hydrogen (secondary N) is 2. The fourth-order valence-corrected chi connectivity index (χ4v) is 2.58. The number of benzene rings is 2. The number of Topliss-reactive ketones (excluding diaryl/α,β-unsaturated/α-hetero) is 1. The maximum Gasteiger partial charge on any atom is 0.416 e. The third-order valence-corrected chi connectivity index (χ3v) is 3.97. The highest BCUT2D eigenvalue weighted by atomic mass is 19.4. The van der Waals surface area contributed by atoms with Crippen molar-refractivity contribution in [3.05, 3.63) is 65.9 Å². The molecule has 2 N–H and O–H groups in total. The van der Waals surface area contributed by atoms with E-state index >= 15 is 0 Å². The third-order valence-electron chi connectivity index (χ3n) is 3.97. The van der Waals surface area contributed by atoms with Crippen LogP contribution in [0.4, 0.5) is 13.2 Å². The van der Waals surface area contributed by atoms with Crippen molar-refractivity contribution < 1.29 is 27.5 Å². The number of carbonyl (C=O) groups excluding carboxylic acids is 2. The van der Waals surface area contributed by atoms with Crippen LogP contribution < -0.4 is 10.1 Å². The monoisotopic (exact) mass is 400 g/mol. The van der Waals surface area contributed by atoms with E-state index in [2.05, 4.69) is 22.1 Å². The van der Waals surface area contributed by atoms with Gasteiger partial charge < -0.3 is 15.0 Å². The molecule has 148 valence electrons. The molecule has 1 heterocycles. The predicted molar refractivity (Wildman–Crippen MR) is 100 cm³/mol. The maximum absolute atomic E-state index is 12.6. The SMILES string of the molecule is O=C(NCC#CCOc1cccc(C(F)(F)F)c1)C(=O)c1c[nH]c2ccccc12. The molecule has 3 aromatic rings. The molecular formula is C21H15F3N2O3. The molecule has 0 unspecified atom stereocenters. The van der Waals surface area contributed by atoms with E-state index in [9.17, 15) is 22.8 Å². The summed E-state index contributed by atoms with van der Waals surface area (Å²) < 4.78 is 43.0. The molecule has 0 bridgehead atoms. The summed E-state index contributed by atoms with van der Waals surface area (Å²) in [6.07, 6.45) is -2.98. The van der Waals surface area contributed by atoms with Gasteiger partial charge in [0.15, 0.2) is 0 Å². The van der Waals surface area contributed by atoms with Crippen LogP contribution in [0.25, 0.3) is 10.9 Å². The zero-order valence-corrected chi connectivity index (χ0v) is 15.0. The van der Waals surface area contributed by atoms with Crippen molar-refractivity contribution in [2.45, 2.75) is 6.18 Å². The molecule has 0 radical (unpaired) electrons. The van der Waals surface area contributed by atoms with Crippen molar-refractivity contribution in [3.63, 3.8) is 0 Å². The highest BCUT2D eigenvalue weighted by Gasteiger charge is 2.30. The van der Waals surface area contributed by atoms with E-state index in [0.717, 1.165) is 17.6 Å². The number of aromatic amines is 1. The van der Waals surface area contributed by atoms with Gasteiger partial charge in [0.05, 0.1) is 17.7 Å². The van der Waals surface area contributed by atoms with E-state index in [1.54, 1.807) is 18.2 Å². The van der Waals surface area contributed by atoms with Crippen LogP contribution in [0.3, 0.4) is 0 Å². The van der Waals surface area contributed by atoms with Crippen molar-refractivity contribution in [3.8, 4) is 17.6 Å². The van der Waals surface area contributed by atoms with Crippen LogP contribution in [0.5, 0.6) is 5.75 Å². The molecule has 8 heteroatoms. The topological polar surface area (TPSA) is 71.2 Å². The number of hydrogen-bond donors (Lipinski definition) is 2. The van der Waals surface area contributed by atoms with E-state index in [0.29, 0.717) is 5.39 Å². The molecule has 0 aliphatic rings. The fraction of sp³-hybridized carbons (Fsp3) is 0.143. The van der Waals surface area contributed by atoms with Gasteiger partial charge in [-0.1, -0.05) is 36.1 Å². The first-order valence-corrected chi connectivity index (χ1v) is 8.50. The molecule has 0 saturated heterocycles. The standard InChI is InChI=1S/C21H15F3N2O3/c22-21(23,24)14-6-5-7-15(12-14)29-11-4-3-10-25-20(28)19(27)17-13-26-18-9-2-1-8-16(17)18/h1-2,5-9,12-13,26H,10-11H2,(H,25,28). The zero-order valence-electron chi connectivity index (χ0n) is 15.0. The molecule has 0 aliphatic carbocycles. The molecular weight excluding hydrogens is 385 g/mol.